The summed E-state index contributed by atoms with van der Waals surface area (Å²) in [5.74, 6) is -0.751. The first-order chi connectivity index (χ1) is 5.54. The van der Waals surface area contributed by atoms with Gasteiger partial charge in [0.15, 0.2) is 0 Å². The minimum absolute atomic E-state index is 0.184. The summed E-state index contributed by atoms with van der Waals surface area (Å²) in [7, 11) is 0. The molecule has 0 fully saturated rings. The van der Waals surface area contributed by atoms with E-state index in [1.54, 1.807) is 0 Å². The van der Waals surface area contributed by atoms with Crippen molar-refractivity contribution in [1.29, 1.82) is 0 Å². The number of nitrogens with two attached hydrogens (primary N) is 1. The Labute approximate surface area is 74.0 Å². The Balaban J connectivity index is 3.95. The van der Waals surface area contributed by atoms with Crippen LogP contribution in [0.2, 0.25) is 0 Å². The molecule has 0 aromatic rings. The molecule has 72 valence electrons. The molecule has 0 amide bonds. The largest absolute Gasteiger partial charge is 0.481 e. The van der Waals surface area contributed by atoms with E-state index in [-0.39, 0.29) is 11.8 Å². The van der Waals surface area contributed by atoms with Crippen molar-refractivity contribution in [1.82, 2.24) is 0 Å². The second-order valence-electron chi connectivity index (χ2n) is 3.69. The summed E-state index contributed by atoms with van der Waals surface area (Å²) in [5, 5.41) is 8.62. The van der Waals surface area contributed by atoms with E-state index in [9.17, 15) is 4.79 Å². The van der Waals surface area contributed by atoms with Crippen molar-refractivity contribution in [3.05, 3.63) is 0 Å². The topological polar surface area (TPSA) is 63.3 Å². The van der Waals surface area contributed by atoms with E-state index in [1.165, 1.54) is 0 Å². The van der Waals surface area contributed by atoms with Crippen molar-refractivity contribution >= 4 is 5.97 Å². The van der Waals surface area contributed by atoms with Crippen LogP contribution >= 0.6 is 0 Å². The molecular formula is C9H19NO2. The predicted octanol–water partition coefficient (Wildman–Crippen LogP) is 1.62. The normalized spacial score (nSPS) is 15.6. The molecule has 1 atom stereocenters. The molecule has 3 N–H and O–H groups in total. The Morgan fingerprint density at radius 1 is 1.58 bits per heavy atom. The first kappa shape index (κ1) is 11.4. The minimum Gasteiger partial charge on any atom is -0.481 e. The molecule has 0 aliphatic carbocycles. The van der Waals surface area contributed by atoms with Crippen molar-refractivity contribution < 1.29 is 9.90 Å². The summed E-state index contributed by atoms with van der Waals surface area (Å²) in [6.45, 7) is 4.49. The Kier molecular flexibility index (Phi) is 4.90. The summed E-state index contributed by atoms with van der Waals surface area (Å²) in [5.41, 5.74) is 5.33. The zero-order valence-electron chi connectivity index (χ0n) is 7.97. The molecule has 0 spiro atoms. The van der Waals surface area contributed by atoms with Gasteiger partial charge in [0.1, 0.15) is 0 Å². The van der Waals surface area contributed by atoms with Crippen LogP contribution in [0.3, 0.4) is 0 Å². The van der Waals surface area contributed by atoms with Gasteiger partial charge in [0.05, 0.1) is 6.42 Å². The van der Waals surface area contributed by atoms with Crippen LogP contribution in [-0.2, 0) is 4.79 Å². The highest BCUT2D eigenvalue weighted by molar-refractivity contribution is 5.67. The van der Waals surface area contributed by atoms with Crippen LogP contribution < -0.4 is 5.73 Å². The van der Waals surface area contributed by atoms with Crippen LogP contribution in [0, 0.1) is 5.41 Å². The average Bonchev–Trinajstić information content (AvgIpc) is 2.00. The molecule has 0 aromatic heterocycles. The van der Waals surface area contributed by atoms with Crippen molar-refractivity contribution in [3.8, 4) is 0 Å². The molecule has 0 aromatic carbocycles. The van der Waals surface area contributed by atoms with Gasteiger partial charge in [0.2, 0.25) is 0 Å². The van der Waals surface area contributed by atoms with E-state index in [0.29, 0.717) is 6.54 Å². The third kappa shape index (κ3) is 4.34. The molecule has 0 aliphatic heterocycles. The van der Waals surface area contributed by atoms with Gasteiger partial charge in [-0.1, -0.05) is 26.7 Å². The number of carboxylic acids is 1. The molecule has 3 heteroatoms. The Morgan fingerprint density at radius 3 is 2.50 bits per heavy atom. The van der Waals surface area contributed by atoms with E-state index in [1.807, 2.05) is 6.92 Å². The van der Waals surface area contributed by atoms with Crippen LogP contribution in [0.4, 0.5) is 0 Å². The van der Waals surface area contributed by atoms with E-state index in [4.69, 9.17) is 10.8 Å². The lowest BCUT2D eigenvalue weighted by Crippen LogP contribution is -2.29. The van der Waals surface area contributed by atoms with Crippen LogP contribution in [0.1, 0.15) is 39.5 Å². The molecule has 0 saturated heterocycles. The van der Waals surface area contributed by atoms with Crippen molar-refractivity contribution in [3.63, 3.8) is 0 Å². The third-order valence-electron chi connectivity index (χ3n) is 2.20. The van der Waals surface area contributed by atoms with Gasteiger partial charge < -0.3 is 10.8 Å². The molecule has 0 bridgehead atoms. The second-order valence-corrected chi connectivity index (χ2v) is 3.69. The lowest BCUT2D eigenvalue weighted by atomic mass is 9.82. The molecule has 0 rings (SSSR count). The van der Waals surface area contributed by atoms with E-state index >= 15 is 0 Å². The first-order valence-corrected chi connectivity index (χ1v) is 4.46. The highest BCUT2D eigenvalue weighted by Crippen LogP contribution is 2.26. The quantitative estimate of drug-likeness (QED) is 0.641. The Hall–Kier alpha value is -0.570. The SMILES string of the molecule is CCCC[C@](C)(CN)CC(=O)O. The number of carboxylic acid groups (broad SMARTS) is 1. The summed E-state index contributed by atoms with van der Waals surface area (Å²) in [4.78, 5) is 10.5. The van der Waals surface area contributed by atoms with Crippen molar-refractivity contribution in [2.45, 2.75) is 39.5 Å². The van der Waals surface area contributed by atoms with Gasteiger partial charge in [0, 0.05) is 0 Å². The molecule has 3 nitrogen and oxygen atoms in total. The predicted molar refractivity (Wildman–Crippen MR) is 48.9 cm³/mol. The van der Waals surface area contributed by atoms with Crippen molar-refractivity contribution in [2.24, 2.45) is 11.1 Å². The Bertz CT molecular complexity index is 147. The zero-order valence-corrected chi connectivity index (χ0v) is 7.97. The van der Waals surface area contributed by atoms with Crippen LogP contribution in [0.15, 0.2) is 0 Å². The summed E-state index contributed by atoms with van der Waals surface area (Å²) in [6.07, 6.45) is 3.24. The maximum absolute atomic E-state index is 10.5. The number of carbonyl (C=O) groups is 1. The monoisotopic (exact) mass is 173 g/mol. The summed E-state index contributed by atoms with van der Waals surface area (Å²) in [6, 6.07) is 0. The highest BCUT2D eigenvalue weighted by atomic mass is 16.4. The minimum atomic E-state index is -0.751. The Morgan fingerprint density at radius 2 is 2.17 bits per heavy atom. The molecular weight excluding hydrogens is 154 g/mol. The second kappa shape index (κ2) is 5.14. The summed E-state index contributed by atoms with van der Waals surface area (Å²) >= 11 is 0. The molecule has 0 unspecified atom stereocenters. The molecule has 0 heterocycles. The fourth-order valence-corrected chi connectivity index (χ4v) is 1.23. The van der Waals surface area contributed by atoms with Crippen molar-refractivity contribution in [2.75, 3.05) is 6.54 Å². The number of hydrogen-bond acceptors (Lipinski definition) is 2. The van der Waals surface area contributed by atoms with Gasteiger partial charge >= 0.3 is 5.97 Å². The lowest BCUT2D eigenvalue weighted by Gasteiger charge is -2.25. The lowest BCUT2D eigenvalue weighted by molar-refractivity contribution is -0.139. The fourth-order valence-electron chi connectivity index (χ4n) is 1.23. The van der Waals surface area contributed by atoms with Gasteiger partial charge in [0.25, 0.3) is 0 Å². The zero-order chi connectivity index (χ0) is 9.61. The number of hydrogen-bond donors (Lipinski definition) is 2. The third-order valence-corrected chi connectivity index (χ3v) is 2.20. The van der Waals surface area contributed by atoms with Gasteiger partial charge in [-0.3, -0.25) is 4.79 Å². The molecule has 0 saturated carbocycles. The maximum atomic E-state index is 10.5. The average molecular weight is 173 g/mol. The van der Waals surface area contributed by atoms with Gasteiger partial charge in [-0.25, -0.2) is 0 Å². The maximum Gasteiger partial charge on any atom is 0.303 e. The van der Waals surface area contributed by atoms with Gasteiger partial charge in [-0.2, -0.15) is 0 Å². The molecule has 0 aliphatic rings. The number of unbranched alkanes of at least 4 members (excludes halogenated alkanes) is 1. The van der Waals surface area contributed by atoms with Crippen LogP contribution in [-0.4, -0.2) is 17.6 Å². The van der Waals surface area contributed by atoms with E-state index in [0.717, 1.165) is 19.3 Å². The van der Waals surface area contributed by atoms with Crippen LogP contribution in [0.5, 0.6) is 0 Å². The first-order valence-electron chi connectivity index (χ1n) is 4.46. The standard InChI is InChI=1S/C9H19NO2/c1-3-4-5-9(2,7-10)6-8(11)12/h3-7,10H2,1-2H3,(H,11,12)/t9-/m0/s1. The van der Waals surface area contributed by atoms with E-state index in [2.05, 4.69) is 6.92 Å². The van der Waals surface area contributed by atoms with Gasteiger partial charge in [-0.15, -0.1) is 0 Å². The highest BCUT2D eigenvalue weighted by Gasteiger charge is 2.24. The number of rotatable bonds is 6. The molecule has 0 radical (unpaired) electrons. The number of aliphatic carboxylic acids is 1. The van der Waals surface area contributed by atoms with Crippen LogP contribution in [0.25, 0.3) is 0 Å². The smallest absolute Gasteiger partial charge is 0.303 e. The van der Waals surface area contributed by atoms with E-state index < -0.39 is 5.97 Å². The van der Waals surface area contributed by atoms with Gasteiger partial charge in [-0.05, 0) is 18.4 Å². The molecule has 12 heavy (non-hydrogen) atoms. The fraction of sp³-hybridized carbons (Fsp3) is 0.889. The summed E-state index contributed by atoms with van der Waals surface area (Å²) < 4.78 is 0.